The molecule has 0 unspecified atom stereocenters. The van der Waals surface area contributed by atoms with Gasteiger partial charge in [0.2, 0.25) is 5.91 Å². The number of nitrogens with one attached hydrogen (secondary N) is 2. The van der Waals surface area contributed by atoms with Crippen molar-refractivity contribution in [3.8, 4) is 0 Å². The van der Waals surface area contributed by atoms with Gasteiger partial charge >= 0.3 is 17.8 Å². The van der Waals surface area contributed by atoms with Gasteiger partial charge < -0.3 is 15.1 Å². The van der Waals surface area contributed by atoms with E-state index in [0.29, 0.717) is 15.6 Å². The quantitative estimate of drug-likeness (QED) is 0.381. The second-order valence-corrected chi connectivity index (χ2v) is 6.23. The molecule has 0 atom stereocenters. The summed E-state index contributed by atoms with van der Waals surface area (Å²) in [6.07, 6.45) is 2.78. The number of para-hydroxylation sites is 1. The lowest BCUT2D eigenvalue weighted by Crippen LogP contribution is -2.39. The molecule has 30 heavy (non-hydrogen) atoms. The number of urea groups is 1. The average molecular weight is 410 g/mol. The number of imide groups is 2. The highest BCUT2D eigenvalue weighted by atomic mass is 16.3. The lowest BCUT2D eigenvalue weighted by atomic mass is 10.1. The molecule has 0 aliphatic carbocycles. The van der Waals surface area contributed by atoms with E-state index in [1.807, 2.05) is 0 Å². The van der Waals surface area contributed by atoms with Crippen LogP contribution in [0.2, 0.25) is 0 Å². The molecule has 1 aliphatic heterocycles. The average Bonchev–Trinajstić information content (AvgIpc) is 3.32. The maximum atomic E-state index is 12.5. The Kier molecular flexibility index (Phi) is 6.06. The van der Waals surface area contributed by atoms with Crippen LogP contribution in [0.3, 0.4) is 0 Å². The van der Waals surface area contributed by atoms with Crippen LogP contribution in [0.5, 0.6) is 0 Å². The fourth-order valence-corrected chi connectivity index (χ4v) is 2.78. The van der Waals surface area contributed by atoms with Crippen molar-refractivity contribution < 1.29 is 28.4 Å². The van der Waals surface area contributed by atoms with Gasteiger partial charge in [-0.25, -0.2) is 9.69 Å². The summed E-state index contributed by atoms with van der Waals surface area (Å²) in [5.74, 6) is -2.75. The van der Waals surface area contributed by atoms with Crippen LogP contribution in [-0.4, -0.2) is 52.5 Å². The van der Waals surface area contributed by atoms with Crippen molar-refractivity contribution in [2.24, 2.45) is 0 Å². The highest BCUT2D eigenvalue weighted by molar-refractivity contribution is 6.45. The molecule has 1 aliphatic rings. The molecule has 1 fully saturated rings. The van der Waals surface area contributed by atoms with Gasteiger partial charge in [0, 0.05) is 6.54 Å². The molecule has 0 radical (unpaired) electrons. The molecular formula is C20H18N4O6. The molecule has 6 amide bonds. The van der Waals surface area contributed by atoms with Crippen LogP contribution in [0.4, 0.5) is 10.5 Å². The molecule has 1 aromatic heterocycles. The van der Waals surface area contributed by atoms with E-state index in [1.54, 1.807) is 24.3 Å². The van der Waals surface area contributed by atoms with Gasteiger partial charge in [0.25, 0.3) is 5.91 Å². The molecule has 10 nitrogen and oxygen atoms in total. The Morgan fingerprint density at radius 2 is 1.77 bits per heavy atom. The third kappa shape index (κ3) is 4.27. The molecule has 3 rings (SSSR count). The van der Waals surface area contributed by atoms with Crippen LogP contribution in [0.1, 0.15) is 16.1 Å². The minimum absolute atomic E-state index is 0.139. The normalized spacial score (nSPS) is 13.5. The van der Waals surface area contributed by atoms with Crippen molar-refractivity contribution in [3.05, 3.63) is 66.6 Å². The highest BCUT2D eigenvalue weighted by Gasteiger charge is 2.44. The zero-order valence-corrected chi connectivity index (χ0v) is 15.8. The Labute approximate surface area is 171 Å². The van der Waals surface area contributed by atoms with Gasteiger partial charge in [-0.2, -0.15) is 0 Å². The van der Waals surface area contributed by atoms with Crippen LogP contribution in [0.25, 0.3) is 0 Å². The smallest absolute Gasteiger partial charge is 0.335 e. The molecular weight excluding hydrogens is 392 g/mol. The SMILES string of the molecule is C=CCN1C(=O)C(=O)N(CC(=O)Nc2ccccc2C(=O)NCc2ccco2)C1=O. The number of carbonyl (C=O) groups excluding carboxylic acids is 5. The van der Waals surface area contributed by atoms with Crippen molar-refractivity contribution in [1.82, 2.24) is 15.1 Å². The standard InChI is InChI=1S/C20H18N4O6/c1-2-9-23-18(27)19(28)24(20(23)29)12-16(25)22-15-8-4-3-7-14(15)17(26)21-11-13-6-5-10-30-13/h2-8,10H,1,9,11-12H2,(H,21,26)(H,22,25). The maximum absolute atomic E-state index is 12.5. The number of furan rings is 1. The van der Waals surface area contributed by atoms with Gasteiger partial charge in [-0.3, -0.25) is 24.1 Å². The molecule has 2 aromatic rings. The number of nitrogens with zero attached hydrogens (tertiary/aromatic N) is 2. The van der Waals surface area contributed by atoms with Gasteiger partial charge in [0.1, 0.15) is 12.3 Å². The Hall–Kier alpha value is -4.21. The van der Waals surface area contributed by atoms with Crippen molar-refractivity contribution in [2.75, 3.05) is 18.4 Å². The van der Waals surface area contributed by atoms with Gasteiger partial charge in [-0.05, 0) is 24.3 Å². The number of amides is 6. The van der Waals surface area contributed by atoms with Gasteiger partial charge in [-0.1, -0.05) is 18.2 Å². The summed E-state index contributed by atoms with van der Waals surface area (Å²) in [6, 6.07) is 8.74. The lowest BCUT2D eigenvalue weighted by molar-refractivity contribution is -0.143. The number of benzene rings is 1. The Balaban J connectivity index is 1.66. The Morgan fingerprint density at radius 1 is 1.03 bits per heavy atom. The predicted molar refractivity (Wildman–Crippen MR) is 104 cm³/mol. The summed E-state index contributed by atoms with van der Waals surface area (Å²) in [5, 5.41) is 5.16. The van der Waals surface area contributed by atoms with Crippen LogP contribution in [0, 0.1) is 0 Å². The van der Waals surface area contributed by atoms with E-state index in [2.05, 4.69) is 17.2 Å². The van der Waals surface area contributed by atoms with Crippen molar-refractivity contribution in [2.45, 2.75) is 6.54 Å². The van der Waals surface area contributed by atoms with Gasteiger partial charge in [0.05, 0.1) is 24.1 Å². The number of anilines is 1. The van der Waals surface area contributed by atoms with Crippen molar-refractivity contribution >= 4 is 35.3 Å². The summed E-state index contributed by atoms with van der Waals surface area (Å²) in [4.78, 5) is 62.1. The van der Waals surface area contributed by atoms with Gasteiger partial charge in [-0.15, -0.1) is 6.58 Å². The third-order valence-corrected chi connectivity index (χ3v) is 4.20. The molecule has 2 N–H and O–H groups in total. The first kappa shape index (κ1) is 20.5. The molecule has 1 aromatic carbocycles. The maximum Gasteiger partial charge on any atom is 0.335 e. The van der Waals surface area contributed by atoms with E-state index in [0.717, 1.165) is 0 Å². The second kappa shape index (κ2) is 8.86. The molecule has 0 saturated carbocycles. The summed E-state index contributed by atoms with van der Waals surface area (Å²) >= 11 is 0. The summed E-state index contributed by atoms with van der Waals surface area (Å²) < 4.78 is 5.15. The molecule has 2 heterocycles. The molecule has 0 bridgehead atoms. The zero-order valence-electron chi connectivity index (χ0n) is 15.8. The monoisotopic (exact) mass is 410 g/mol. The molecule has 10 heteroatoms. The minimum atomic E-state index is -1.10. The highest BCUT2D eigenvalue weighted by Crippen LogP contribution is 2.17. The summed E-state index contributed by atoms with van der Waals surface area (Å²) in [6.45, 7) is 2.77. The minimum Gasteiger partial charge on any atom is -0.467 e. The molecule has 0 spiro atoms. The van der Waals surface area contributed by atoms with E-state index in [4.69, 9.17) is 4.42 Å². The largest absolute Gasteiger partial charge is 0.467 e. The second-order valence-electron chi connectivity index (χ2n) is 6.23. The van der Waals surface area contributed by atoms with Crippen LogP contribution >= 0.6 is 0 Å². The van der Waals surface area contributed by atoms with Crippen LogP contribution in [-0.2, 0) is 20.9 Å². The first-order chi connectivity index (χ1) is 14.4. The first-order valence-electron chi connectivity index (χ1n) is 8.90. The summed E-state index contributed by atoms with van der Waals surface area (Å²) in [5.41, 5.74) is 0.369. The van der Waals surface area contributed by atoms with E-state index >= 15 is 0 Å². The lowest BCUT2D eigenvalue weighted by Gasteiger charge is -2.15. The number of rotatable bonds is 8. The fraction of sp³-hybridized carbons (Fsp3) is 0.150. The fourth-order valence-electron chi connectivity index (χ4n) is 2.78. The topological polar surface area (TPSA) is 129 Å². The van der Waals surface area contributed by atoms with Gasteiger partial charge in [0.15, 0.2) is 0 Å². The van der Waals surface area contributed by atoms with Crippen molar-refractivity contribution in [1.29, 1.82) is 0 Å². The number of hydrogen-bond donors (Lipinski definition) is 2. The number of hydrogen-bond acceptors (Lipinski definition) is 6. The third-order valence-electron chi connectivity index (χ3n) is 4.20. The van der Waals surface area contributed by atoms with E-state index < -0.39 is 36.2 Å². The molecule has 1 saturated heterocycles. The Bertz CT molecular complexity index is 1010. The van der Waals surface area contributed by atoms with E-state index in [1.165, 1.54) is 24.5 Å². The summed E-state index contributed by atoms with van der Waals surface area (Å²) in [7, 11) is 0. The van der Waals surface area contributed by atoms with E-state index in [-0.39, 0.29) is 24.3 Å². The predicted octanol–water partition coefficient (Wildman–Crippen LogP) is 1.12. The first-order valence-corrected chi connectivity index (χ1v) is 8.90. The van der Waals surface area contributed by atoms with Crippen LogP contribution < -0.4 is 10.6 Å². The molecule has 154 valence electrons. The Morgan fingerprint density at radius 3 is 2.47 bits per heavy atom. The van der Waals surface area contributed by atoms with Crippen LogP contribution in [0.15, 0.2) is 59.7 Å². The van der Waals surface area contributed by atoms with Crippen molar-refractivity contribution in [3.63, 3.8) is 0 Å². The number of carbonyl (C=O) groups is 5. The zero-order chi connectivity index (χ0) is 21.7. The van der Waals surface area contributed by atoms with E-state index in [9.17, 15) is 24.0 Å².